The number of halogens is 1. The third kappa shape index (κ3) is 5.10. The lowest BCUT2D eigenvalue weighted by molar-refractivity contribution is -0.130. The van der Waals surface area contributed by atoms with E-state index in [1.54, 1.807) is 40.5 Å². The predicted molar refractivity (Wildman–Crippen MR) is 118 cm³/mol. The maximum absolute atomic E-state index is 12.5. The van der Waals surface area contributed by atoms with Gasteiger partial charge in [-0.05, 0) is 37.1 Å². The van der Waals surface area contributed by atoms with Crippen LogP contribution in [0.2, 0.25) is 5.02 Å². The van der Waals surface area contributed by atoms with Crippen molar-refractivity contribution < 1.29 is 9.59 Å². The molecule has 160 valence electrons. The van der Waals surface area contributed by atoms with Gasteiger partial charge in [-0.1, -0.05) is 42.2 Å². The van der Waals surface area contributed by atoms with Crippen LogP contribution in [0.15, 0.2) is 24.3 Å². The maximum atomic E-state index is 12.5. The summed E-state index contributed by atoms with van der Waals surface area (Å²) in [6, 6.07) is 6.60. The van der Waals surface area contributed by atoms with Crippen molar-refractivity contribution in [3.05, 3.63) is 39.9 Å². The summed E-state index contributed by atoms with van der Waals surface area (Å²) >= 11 is 7.54. The molecule has 1 N–H and O–H groups in total. The number of amides is 2. The Morgan fingerprint density at radius 1 is 1.03 bits per heavy atom. The first-order valence-electron chi connectivity index (χ1n) is 10.5. The molecule has 2 aliphatic rings. The molecule has 2 heterocycles. The highest BCUT2D eigenvalue weighted by Crippen LogP contribution is 2.36. The number of nitrogens with zero attached hydrogens (tertiary/aromatic N) is 4. The van der Waals surface area contributed by atoms with Crippen LogP contribution in [0, 0.1) is 0 Å². The molecule has 1 aliphatic carbocycles. The molecular formula is C21H26ClN5O2S. The first kappa shape index (κ1) is 21.1. The Hall–Kier alpha value is -2.19. The number of nitrogens with one attached hydrogen (secondary N) is 1. The number of carbonyl (C=O) groups excluding carboxylic acids is 2. The van der Waals surface area contributed by atoms with Gasteiger partial charge in [-0.2, -0.15) is 0 Å². The van der Waals surface area contributed by atoms with E-state index in [1.807, 2.05) is 0 Å². The van der Waals surface area contributed by atoms with E-state index in [1.165, 1.54) is 32.1 Å². The summed E-state index contributed by atoms with van der Waals surface area (Å²) in [6.45, 7) is 2.69. The molecule has 0 spiro atoms. The molecule has 1 aliphatic heterocycles. The summed E-state index contributed by atoms with van der Waals surface area (Å²) in [6.07, 6.45) is 6.35. The van der Waals surface area contributed by atoms with Crippen molar-refractivity contribution in [1.29, 1.82) is 0 Å². The summed E-state index contributed by atoms with van der Waals surface area (Å²) in [5.74, 6) is 0.219. The molecule has 1 aromatic heterocycles. The van der Waals surface area contributed by atoms with Crippen molar-refractivity contribution in [2.24, 2.45) is 0 Å². The molecule has 30 heavy (non-hydrogen) atoms. The van der Waals surface area contributed by atoms with Gasteiger partial charge in [-0.3, -0.25) is 9.59 Å². The first-order valence-corrected chi connectivity index (χ1v) is 11.7. The molecule has 7 nitrogen and oxygen atoms in total. The Morgan fingerprint density at radius 2 is 1.73 bits per heavy atom. The van der Waals surface area contributed by atoms with Crippen LogP contribution in [-0.2, 0) is 4.79 Å². The van der Waals surface area contributed by atoms with E-state index in [0.717, 1.165) is 23.2 Å². The second kappa shape index (κ2) is 9.75. The molecule has 0 unspecified atom stereocenters. The summed E-state index contributed by atoms with van der Waals surface area (Å²) in [5.41, 5.74) is 0.488. The van der Waals surface area contributed by atoms with Gasteiger partial charge in [-0.15, -0.1) is 10.2 Å². The van der Waals surface area contributed by atoms with Crippen LogP contribution < -0.4 is 10.2 Å². The number of piperazine rings is 1. The normalized spacial score (nSPS) is 17.8. The average molecular weight is 448 g/mol. The highest BCUT2D eigenvalue weighted by Gasteiger charge is 2.25. The van der Waals surface area contributed by atoms with Gasteiger partial charge in [0.05, 0.1) is 6.54 Å². The van der Waals surface area contributed by atoms with Crippen LogP contribution >= 0.6 is 22.9 Å². The Balaban J connectivity index is 1.24. The fourth-order valence-electron chi connectivity index (χ4n) is 3.99. The summed E-state index contributed by atoms with van der Waals surface area (Å²) in [4.78, 5) is 28.7. The monoisotopic (exact) mass is 447 g/mol. The van der Waals surface area contributed by atoms with E-state index in [0.29, 0.717) is 29.6 Å². The minimum absolute atomic E-state index is 0.00784. The zero-order chi connectivity index (χ0) is 20.9. The van der Waals surface area contributed by atoms with Gasteiger partial charge in [0, 0.05) is 42.7 Å². The van der Waals surface area contributed by atoms with Crippen molar-refractivity contribution in [3.8, 4) is 0 Å². The predicted octanol–water partition coefficient (Wildman–Crippen LogP) is 3.32. The van der Waals surface area contributed by atoms with E-state index < -0.39 is 0 Å². The Morgan fingerprint density at radius 3 is 2.43 bits per heavy atom. The molecule has 0 radical (unpaired) electrons. The molecule has 2 aromatic rings. The van der Waals surface area contributed by atoms with Crippen molar-refractivity contribution in [1.82, 2.24) is 20.4 Å². The van der Waals surface area contributed by atoms with Crippen molar-refractivity contribution in [2.75, 3.05) is 37.6 Å². The standard InChI is InChI=1S/C21H26ClN5O2S/c22-17-8-6-15(7-9-17)19(29)23-14-18(28)26-10-12-27(13-11-26)21-25-24-20(30-21)16-4-2-1-3-5-16/h6-9,16H,1-5,10-14H2,(H,23,29). The number of carbonyl (C=O) groups is 2. The van der Waals surface area contributed by atoms with E-state index in [2.05, 4.69) is 20.4 Å². The van der Waals surface area contributed by atoms with Crippen LogP contribution in [-0.4, -0.2) is 59.6 Å². The Kier molecular flexibility index (Phi) is 6.84. The largest absolute Gasteiger partial charge is 0.343 e. The van der Waals surface area contributed by atoms with E-state index in [4.69, 9.17) is 11.6 Å². The van der Waals surface area contributed by atoms with Gasteiger partial charge in [0.2, 0.25) is 11.0 Å². The SMILES string of the molecule is O=C(NCC(=O)N1CCN(c2nnc(C3CCCCC3)s2)CC1)c1ccc(Cl)cc1. The minimum atomic E-state index is -0.275. The quantitative estimate of drug-likeness (QED) is 0.760. The first-order chi connectivity index (χ1) is 14.6. The third-order valence-electron chi connectivity index (χ3n) is 5.79. The number of rotatable bonds is 5. The van der Waals surface area contributed by atoms with Gasteiger partial charge in [0.15, 0.2) is 0 Å². The Bertz CT molecular complexity index is 874. The zero-order valence-corrected chi connectivity index (χ0v) is 18.4. The summed E-state index contributed by atoms with van der Waals surface area (Å²) in [5, 5.41) is 14.2. The summed E-state index contributed by atoms with van der Waals surface area (Å²) < 4.78 is 0. The van der Waals surface area contributed by atoms with E-state index >= 15 is 0 Å². The van der Waals surface area contributed by atoms with Crippen molar-refractivity contribution >= 4 is 39.9 Å². The van der Waals surface area contributed by atoms with Gasteiger partial charge < -0.3 is 15.1 Å². The third-order valence-corrected chi connectivity index (χ3v) is 7.19. The van der Waals surface area contributed by atoms with Gasteiger partial charge in [0.25, 0.3) is 5.91 Å². The highest BCUT2D eigenvalue weighted by atomic mass is 35.5. The second-order valence-electron chi connectivity index (χ2n) is 7.82. The number of aromatic nitrogens is 2. The molecule has 2 fully saturated rings. The minimum Gasteiger partial charge on any atom is -0.343 e. The Labute approximate surface area is 185 Å². The molecule has 0 bridgehead atoms. The molecule has 2 amide bonds. The number of hydrogen-bond acceptors (Lipinski definition) is 6. The fourth-order valence-corrected chi connectivity index (χ4v) is 5.18. The number of benzene rings is 1. The lowest BCUT2D eigenvalue weighted by atomic mass is 9.90. The number of hydrogen-bond donors (Lipinski definition) is 1. The topological polar surface area (TPSA) is 78.4 Å². The van der Waals surface area contributed by atoms with Crippen LogP contribution in [0.4, 0.5) is 5.13 Å². The van der Waals surface area contributed by atoms with Crippen LogP contribution in [0.1, 0.15) is 53.4 Å². The average Bonchev–Trinajstić information content (AvgIpc) is 3.29. The van der Waals surface area contributed by atoms with Crippen LogP contribution in [0.3, 0.4) is 0 Å². The van der Waals surface area contributed by atoms with Gasteiger partial charge >= 0.3 is 0 Å². The highest BCUT2D eigenvalue weighted by molar-refractivity contribution is 7.15. The van der Waals surface area contributed by atoms with E-state index in [9.17, 15) is 9.59 Å². The second-order valence-corrected chi connectivity index (χ2v) is 9.24. The number of anilines is 1. The van der Waals surface area contributed by atoms with Crippen molar-refractivity contribution in [3.63, 3.8) is 0 Å². The summed E-state index contributed by atoms with van der Waals surface area (Å²) in [7, 11) is 0. The molecule has 1 saturated carbocycles. The van der Waals surface area contributed by atoms with Crippen LogP contribution in [0.25, 0.3) is 0 Å². The molecular weight excluding hydrogens is 422 g/mol. The van der Waals surface area contributed by atoms with E-state index in [-0.39, 0.29) is 18.4 Å². The van der Waals surface area contributed by atoms with Gasteiger partial charge in [0.1, 0.15) is 5.01 Å². The fraction of sp³-hybridized carbons (Fsp3) is 0.524. The maximum Gasteiger partial charge on any atom is 0.251 e. The molecule has 0 atom stereocenters. The lowest BCUT2D eigenvalue weighted by Crippen LogP contribution is -2.51. The molecule has 1 saturated heterocycles. The molecule has 1 aromatic carbocycles. The zero-order valence-electron chi connectivity index (χ0n) is 16.8. The van der Waals surface area contributed by atoms with Crippen molar-refractivity contribution in [2.45, 2.75) is 38.0 Å². The van der Waals surface area contributed by atoms with Gasteiger partial charge in [-0.25, -0.2) is 0 Å². The smallest absolute Gasteiger partial charge is 0.251 e. The molecule has 4 rings (SSSR count). The lowest BCUT2D eigenvalue weighted by Gasteiger charge is -2.34. The van der Waals surface area contributed by atoms with Crippen LogP contribution in [0.5, 0.6) is 0 Å². The molecule has 9 heteroatoms.